The quantitative estimate of drug-likeness (QED) is 0.522. The highest BCUT2D eigenvalue weighted by atomic mass is 79.9. The van der Waals surface area contributed by atoms with Gasteiger partial charge in [-0.15, -0.1) is 0 Å². The maximum absolute atomic E-state index is 13.4. The minimum absolute atomic E-state index is 0.140. The lowest BCUT2D eigenvalue weighted by Crippen LogP contribution is -2.14. The highest BCUT2D eigenvalue weighted by Gasteiger charge is 2.27. The molecular formula is C11H12BrF3. The van der Waals surface area contributed by atoms with Crippen molar-refractivity contribution in [1.29, 1.82) is 0 Å². The summed E-state index contributed by atoms with van der Waals surface area (Å²) in [7, 11) is 0. The molecule has 0 bridgehead atoms. The van der Waals surface area contributed by atoms with Crippen LogP contribution in [0.25, 0.3) is 0 Å². The van der Waals surface area contributed by atoms with Crippen molar-refractivity contribution in [3.05, 3.63) is 35.1 Å². The van der Waals surface area contributed by atoms with Crippen LogP contribution in [-0.4, -0.2) is 0 Å². The van der Waals surface area contributed by atoms with Crippen molar-refractivity contribution in [2.24, 2.45) is 5.41 Å². The van der Waals surface area contributed by atoms with Gasteiger partial charge in [0.1, 0.15) is 5.82 Å². The van der Waals surface area contributed by atoms with E-state index in [1.807, 2.05) is 20.8 Å². The second-order valence-electron chi connectivity index (χ2n) is 4.52. The fourth-order valence-corrected chi connectivity index (χ4v) is 1.55. The van der Waals surface area contributed by atoms with E-state index >= 15 is 0 Å². The van der Waals surface area contributed by atoms with Crippen LogP contribution in [0.5, 0.6) is 0 Å². The van der Waals surface area contributed by atoms with Gasteiger partial charge in [0.05, 0.1) is 0 Å². The van der Waals surface area contributed by atoms with Crippen LogP contribution in [0.3, 0.4) is 0 Å². The van der Waals surface area contributed by atoms with Crippen molar-refractivity contribution in [2.75, 3.05) is 0 Å². The largest absolute Gasteiger partial charge is 0.207 e. The molecule has 0 N–H and O–H groups in total. The van der Waals surface area contributed by atoms with E-state index < -0.39 is 17.5 Å². The molecule has 4 heteroatoms. The van der Waals surface area contributed by atoms with E-state index in [0.29, 0.717) is 6.07 Å². The number of halogens is 4. The normalized spacial score (nSPS) is 14.1. The van der Waals surface area contributed by atoms with E-state index in [-0.39, 0.29) is 15.8 Å². The number of alkyl halides is 1. The van der Waals surface area contributed by atoms with Crippen LogP contribution in [0.15, 0.2) is 12.1 Å². The van der Waals surface area contributed by atoms with Gasteiger partial charge < -0.3 is 0 Å². The van der Waals surface area contributed by atoms with E-state index in [2.05, 4.69) is 15.9 Å². The average molecular weight is 281 g/mol. The first-order chi connectivity index (χ1) is 6.73. The zero-order chi connectivity index (χ0) is 11.8. The maximum Gasteiger partial charge on any atom is 0.161 e. The lowest BCUT2D eigenvalue weighted by molar-refractivity contribution is 0.394. The fourth-order valence-electron chi connectivity index (χ4n) is 1.20. The molecule has 15 heavy (non-hydrogen) atoms. The first-order valence-corrected chi connectivity index (χ1v) is 5.43. The number of rotatable bonds is 1. The third-order valence-electron chi connectivity index (χ3n) is 2.07. The molecule has 0 aromatic heterocycles. The fraction of sp³-hybridized carbons (Fsp3) is 0.455. The maximum atomic E-state index is 13.4. The molecule has 1 rings (SSSR count). The van der Waals surface area contributed by atoms with E-state index in [0.717, 1.165) is 6.07 Å². The molecule has 0 aliphatic rings. The van der Waals surface area contributed by atoms with Crippen molar-refractivity contribution in [3.63, 3.8) is 0 Å². The molecule has 84 valence electrons. The highest BCUT2D eigenvalue weighted by Crippen LogP contribution is 2.41. The van der Waals surface area contributed by atoms with Crippen molar-refractivity contribution < 1.29 is 13.2 Å². The molecule has 1 atom stereocenters. The molecule has 0 fully saturated rings. The van der Waals surface area contributed by atoms with Crippen molar-refractivity contribution in [3.8, 4) is 0 Å². The Labute approximate surface area is 95.6 Å². The Hall–Kier alpha value is -0.510. The molecule has 1 aromatic carbocycles. The molecule has 0 spiro atoms. The van der Waals surface area contributed by atoms with Gasteiger partial charge in [0.25, 0.3) is 0 Å². The van der Waals surface area contributed by atoms with Crippen LogP contribution in [0.2, 0.25) is 0 Å². The predicted octanol–water partition coefficient (Wildman–Crippen LogP) is 4.59. The number of hydrogen-bond donors (Lipinski definition) is 0. The number of benzene rings is 1. The first kappa shape index (κ1) is 12.6. The topological polar surface area (TPSA) is 0 Å². The highest BCUT2D eigenvalue weighted by molar-refractivity contribution is 9.09. The SMILES string of the molecule is CC(C)(C)C(Br)c1cc(F)c(F)cc1F. The Balaban J connectivity index is 3.21. The van der Waals surface area contributed by atoms with E-state index in [9.17, 15) is 13.2 Å². The third kappa shape index (κ3) is 2.74. The van der Waals surface area contributed by atoms with Gasteiger partial charge in [0.2, 0.25) is 0 Å². The van der Waals surface area contributed by atoms with Crippen LogP contribution >= 0.6 is 15.9 Å². The molecule has 0 amide bonds. The molecule has 0 nitrogen and oxygen atoms in total. The minimum atomic E-state index is -1.16. The van der Waals surface area contributed by atoms with Gasteiger partial charge in [-0.25, -0.2) is 13.2 Å². The van der Waals surface area contributed by atoms with Crippen LogP contribution in [-0.2, 0) is 0 Å². The molecule has 1 unspecified atom stereocenters. The third-order valence-corrected chi connectivity index (χ3v) is 3.94. The summed E-state index contributed by atoms with van der Waals surface area (Å²) in [5.74, 6) is -2.92. The van der Waals surface area contributed by atoms with Gasteiger partial charge in [0.15, 0.2) is 11.6 Å². The summed E-state index contributed by atoms with van der Waals surface area (Å²) in [6.45, 7) is 5.65. The summed E-state index contributed by atoms with van der Waals surface area (Å²) < 4.78 is 39.0. The Bertz CT molecular complexity index is 369. The van der Waals surface area contributed by atoms with Crippen LogP contribution in [0, 0.1) is 22.9 Å². The van der Waals surface area contributed by atoms with Crippen LogP contribution in [0.4, 0.5) is 13.2 Å². The molecule has 0 saturated carbocycles. The summed E-state index contributed by atoms with van der Waals surface area (Å²) in [5, 5.41) is 0. The standard InChI is InChI=1S/C11H12BrF3/c1-11(2,3)10(12)6-4-8(14)9(15)5-7(6)13/h4-5,10H,1-3H3. The summed E-state index contributed by atoms with van der Waals surface area (Å²) in [6, 6.07) is 1.47. The minimum Gasteiger partial charge on any atom is -0.207 e. The summed E-state index contributed by atoms with van der Waals surface area (Å²) >= 11 is 3.29. The molecule has 0 aliphatic heterocycles. The first-order valence-electron chi connectivity index (χ1n) is 4.52. The van der Waals surface area contributed by atoms with Gasteiger partial charge >= 0.3 is 0 Å². The molecule has 0 aliphatic carbocycles. The van der Waals surface area contributed by atoms with Crippen LogP contribution < -0.4 is 0 Å². The average Bonchev–Trinajstić information content (AvgIpc) is 2.08. The molecule has 0 heterocycles. The Kier molecular flexibility index (Phi) is 3.48. The Morgan fingerprint density at radius 2 is 1.47 bits per heavy atom. The smallest absolute Gasteiger partial charge is 0.161 e. The molecule has 0 saturated heterocycles. The lowest BCUT2D eigenvalue weighted by atomic mass is 9.87. The second kappa shape index (κ2) is 4.16. The lowest BCUT2D eigenvalue weighted by Gasteiger charge is -2.26. The van der Waals surface area contributed by atoms with E-state index in [4.69, 9.17) is 0 Å². The number of hydrogen-bond acceptors (Lipinski definition) is 0. The second-order valence-corrected chi connectivity index (χ2v) is 5.43. The van der Waals surface area contributed by atoms with Gasteiger partial charge in [-0.1, -0.05) is 36.7 Å². The predicted molar refractivity (Wildman–Crippen MR) is 57.4 cm³/mol. The van der Waals surface area contributed by atoms with Gasteiger partial charge in [-0.05, 0) is 11.5 Å². The molecule has 1 aromatic rings. The van der Waals surface area contributed by atoms with Crippen molar-refractivity contribution in [2.45, 2.75) is 25.6 Å². The molecule has 0 radical (unpaired) electrons. The summed E-state index contributed by atoms with van der Waals surface area (Å²) in [4.78, 5) is -0.361. The van der Waals surface area contributed by atoms with Gasteiger partial charge in [-0.2, -0.15) is 0 Å². The van der Waals surface area contributed by atoms with E-state index in [1.165, 1.54) is 0 Å². The van der Waals surface area contributed by atoms with Gasteiger partial charge in [0, 0.05) is 16.5 Å². The van der Waals surface area contributed by atoms with Gasteiger partial charge in [-0.3, -0.25) is 0 Å². The summed E-state index contributed by atoms with van der Waals surface area (Å²) in [5.41, 5.74) is -0.133. The zero-order valence-electron chi connectivity index (χ0n) is 8.74. The monoisotopic (exact) mass is 280 g/mol. The molecular weight excluding hydrogens is 269 g/mol. The Morgan fingerprint density at radius 1 is 1.00 bits per heavy atom. The zero-order valence-corrected chi connectivity index (χ0v) is 10.3. The Morgan fingerprint density at radius 3 is 1.93 bits per heavy atom. The van der Waals surface area contributed by atoms with Crippen molar-refractivity contribution >= 4 is 15.9 Å². The van der Waals surface area contributed by atoms with Crippen LogP contribution in [0.1, 0.15) is 31.2 Å². The van der Waals surface area contributed by atoms with E-state index in [1.54, 1.807) is 0 Å². The summed E-state index contributed by atoms with van der Waals surface area (Å²) in [6.07, 6.45) is 0. The van der Waals surface area contributed by atoms with Crippen molar-refractivity contribution in [1.82, 2.24) is 0 Å².